The van der Waals surface area contributed by atoms with E-state index in [9.17, 15) is 10.1 Å². The number of anilines is 1. The van der Waals surface area contributed by atoms with Crippen LogP contribution in [0.4, 0.5) is 5.69 Å². The Labute approximate surface area is 134 Å². The molecule has 1 saturated heterocycles. The number of morpholine rings is 1. The Kier molecular flexibility index (Phi) is 3.28. The summed E-state index contributed by atoms with van der Waals surface area (Å²) < 4.78 is 5.38. The molecule has 1 N–H and O–H groups in total. The van der Waals surface area contributed by atoms with E-state index in [2.05, 4.69) is 16.3 Å². The zero-order chi connectivity index (χ0) is 15.8. The number of amides is 1. The third kappa shape index (κ3) is 2.17. The van der Waals surface area contributed by atoms with E-state index in [1.807, 2.05) is 24.3 Å². The maximum atomic E-state index is 12.7. The Balaban J connectivity index is 1.75. The van der Waals surface area contributed by atoms with Crippen molar-refractivity contribution < 1.29 is 9.53 Å². The van der Waals surface area contributed by atoms with Gasteiger partial charge in [0.15, 0.2) is 0 Å². The number of allylic oxidation sites excluding steroid dienone is 1. The molecule has 0 bridgehead atoms. The number of nitrogens with one attached hydrogen (secondary N) is 1. The average Bonchev–Trinajstić information content (AvgIpc) is 2.62. The molecule has 1 aromatic rings. The number of ether oxygens (including phenoxy) is 1. The second-order valence-electron chi connectivity index (χ2n) is 5.63. The lowest BCUT2D eigenvalue weighted by atomic mass is 10.00. The van der Waals surface area contributed by atoms with Gasteiger partial charge in [-0.3, -0.25) is 9.69 Å². The number of carbonyl (C=O) groups excluding carboxylic acids is 1. The lowest BCUT2D eigenvalue weighted by Crippen LogP contribution is -2.49. The minimum Gasteiger partial charge on any atom is -0.378 e. The minimum absolute atomic E-state index is 0.0885. The average molecular weight is 308 g/mol. The number of hydrogen-bond donors (Lipinski definition) is 1. The molecule has 3 aliphatic heterocycles. The topological polar surface area (TPSA) is 68.6 Å². The molecule has 3 heterocycles. The molecule has 23 heavy (non-hydrogen) atoms. The Bertz CT molecular complexity index is 756. The highest BCUT2D eigenvalue weighted by Gasteiger charge is 2.37. The Morgan fingerprint density at radius 3 is 2.83 bits per heavy atom. The first-order valence-electron chi connectivity index (χ1n) is 7.63. The molecule has 116 valence electrons. The molecule has 0 spiro atoms. The molecule has 4 rings (SSSR count). The highest BCUT2D eigenvalue weighted by Crippen LogP contribution is 2.32. The maximum Gasteiger partial charge on any atom is 0.261 e. The lowest BCUT2D eigenvalue weighted by Gasteiger charge is -2.40. The van der Waals surface area contributed by atoms with E-state index >= 15 is 0 Å². The quantitative estimate of drug-likeness (QED) is 0.852. The van der Waals surface area contributed by atoms with Crippen LogP contribution in [0.15, 0.2) is 47.8 Å². The Hall–Kier alpha value is -2.78. The first-order chi connectivity index (χ1) is 11.3. The maximum absolute atomic E-state index is 12.7. The van der Waals surface area contributed by atoms with Gasteiger partial charge in [-0.25, -0.2) is 0 Å². The molecule has 6 heteroatoms. The lowest BCUT2D eigenvalue weighted by molar-refractivity contribution is 0.0537. The van der Waals surface area contributed by atoms with Crippen LogP contribution in [0.1, 0.15) is 10.4 Å². The van der Waals surface area contributed by atoms with Crippen molar-refractivity contribution in [2.45, 2.75) is 6.17 Å². The second-order valence-corrected chi connectivity index (χ2v) is 5.63. The summed E-state index contributed by atoms with van der Waals surface area (Å²) in [6.45, 7) is 2.81. The van der Waals surface area contributed by atoms with E-state index in [0.29, 0.717) is 24.4 Å². The van der Waals surface area contributed by atoms with E-state index in [1.54, 1.807) is 17.2 Å². The van der Waals surface area contributed by atoms with Crippen LogP contribution in [0.5, 0.6) is 0 Å². The van der Waals surface area contributed by atoms with Gasteiger partial charge >= 0.3 is 0 Å². The summed E-state index contributed by atoms with van der Waals surface area (Å²) in [6, 6.07) is 9.67. The van der Waals surface area contributed by atoms with Crippen molar-refractivity contribution in [2.75, 3.05) is 31.6 Å². The van der Waals surface area contributed by atoms with Gasteiger partial charge in [0.05, 0.1) is 30.0 Å². The molecule has 1 atom stereocenters. The van der Waals surface area contributed by atoms with E-state index in [0.717, 1.165) is 24.5 Å². The largest absolute Gasteiger partial charge is 0.378 e. The number of nitriles is 1. The molecule has 1 unspecified atom stereocenters. The van der Waals surface area contributed by atoms with Crippen molar-refractivity contribution in [1.29, 1.82) is 5.26 Å². The SMILES string of the molecule is N#CC1=C(N2CCOCC2)C=CN2C(=O)c3ccccc3NC12. The van der Waals surface area contributed by atoms with Gasteiger partial charge in [0.1, 0.15) is 12.2 Å². The van der Waals surface area contributed by atoms with Gasteiger partial charge in [-0.15, -0.1) is 0 Å². The Morgan fingerprint density at radius 2 is 2.04 bits per heavy atom. The van der Waals surface area contributed by atoms with Gasteiger partial charge < -0.3 is 15.0 Å². The summed E-state index contributed by atoms with van der Waals surface area (Å²) in [6.07, 6.45) is 3.17. The number of nitrogens with zero attached hydrogens (tertiary/aromatic N) is 3. The van der Waals surface area contributed by atoms with Gasteiger partial charge in [-0.2, -0.15) is 5.26 Å². The molecule has 1 fully saturated rings. The smallest absolute Gasteiger partial charge is 0.261 e. The second kappa shape index (κ2) is 5.45. The van der Waals surface area contributed by atoms with Crippen molar-refractivity contribution in [1.82, 2.24) is 9.80 Å². The minimum atomic E-state index is -0.453. The van der Waals surface area contributed by atoms with E-state index < -0.39 is 6.17 Å². The summed E-state index contributed by atoms with van der Waals surface area (Å²) in [5.41, 5.74) is 2.83. The zero-order valence-corrected chi connectivity index (χ0v) is 12.5. The molecule has 3 aliphatic rings. The molecule has 1 aromatic carbocycles. The van der Waals surface area contributed by atoms with Crippen molar-refractivity contribution in [3.05, 3.63) is 53.4 Å². The molecule has 0 aromatic heterocycles. The monoisotopic (exact) mass is 308 g/mol. The van der Waals surface area contributed by atoms with Gasteiger partial charge in [0.2, 0.25) is 0 Å². The normalized spacial score (nSPS) is 23.1. The highest BCUT2D eigenvalue weighted by atomic mass is 16.5. The molecule has 6 nitrogen and oxygen atoms in total. The van der Waals surface area contributed by atoms with E-state index in [4.69, 9.17) is 4.74 Å². The Morgan fingerprint density at radius 1 is 1.26 bits per heavy atom. The third-order valence-corrected chi connectivity index (χ3v) is 4.38. The van der Waals surface area contributed by atoms with Crippen LogP contribution in [0.25, 0.3) is 0 Å². The van der Waals surface area contributed by atoms with Crippen molar-refractivity contribution in [3.8, 4) is 6.07 Å². The van der Waals surface area contributed by atoms with Gasteiger partial charge in [-0.05, 0) is 18.2 Å². The first kappa shape index (κ1) is 13.9. The number of benzene rings is 1. The van der Waals surface area contributed by atoms with E-state index in [1.165, 1.54) is 0 Å². The van der Waals surface area contributed by atoms with E-state index in [-0.39, 0.29) is 5.91 Å². The van der Waals surface area contributed by atoms with Crippen LogP contribution in [0.3, 0.4) is 0 Å². The molecular formula is C17H16N4O2. The van der Waals surface area contributed by atoms with Crippen LogP contribution in [0, 0.1) is 11.3 Å². The summed E-state index contributed by atoms with van der Waals surface area (Å²) in [5, 5.41) is 13.0. The fourth-order valence-electron chi connectivity index (χ4n) is 3.21. The van der Waals surface area contributed by atoms with Gasteiger partial charge in [0.25, 0.3) is 5.91 Å². The van der Waals surface area contributed by atoms with Crippen LogP contribution >= 0.6 is 0 Å². The molecule has 0 aliphatic carbocycles. The number of rotatable bonds is 1. The van der Waals surface area contributed by atoms with Gasteiger partial charge in [0, 0.05) is 25.0 Å². The van der Waals surface area contributed by atoms with Crippen molar-refractivity contribution in [2.24, 2.45) is 0 Å². The standard InChI is InChI=1S/C17H16N4O2/c18-11-13-15(20-7-9-23-10-8-20)5-6-21-16(13)19-14-4-2-1-3-12(14)17(21)22/h1-6,16,19H,7-10H2. The fourth-order valence-corrected chi connectivity index (χ4v) is 3.21. The zero-order valence-electron chi connectivity index (χ0n) is 12.5. The predicted octanol–water partition coefficient (Wildman–Crippen LogP) is 1.52. The number of para-hydroxylation sites is 1. The summed E-state index contributed by atoms with van der Waals surface area (Å²) >= 11 is 0. The highest BCUT2D eigenvalue weighted by molar-refractivity contribution is 6.02. The molecule has 0 saturated carbocycles. The van der Waals surface area contributed by atoms with Crippen LogP contribution < -0.4 is 5.32 Å². The predicted molar refractivity (Wildman–Crippen MR) is 84.2 cm³/mol. The fraction of sp³-hybridized carbons (Fsp3) is 0.294. The van der Waals surface area contributed by atoms with Crippen LogP contribution in [-0.2, 0) is 4.74 Å². The van der Waals surface area contributed by atoms with Gasteiger partial charge in [-0.1, -0.05) is 12.1 Å². The molecular weight excluding hydrogens is 292 g/mol. The van der Waals surface area contributed by atoms with Crippen molar-refractivity contribution >= 4 is 11.6 Å². The van der Waals surface area contributed by atoms with Crippen LogP contribution in [-0.4, -0.2) is 48.2 Å². The van der Waals surface area contributed by atoms with Crippen molar-refractivity contribution in [3.63, 3.8) is 0 Å². The number of carbonyl (C=O) groups is 1. The summed E-state index contributed by atoms with van der Waals surface area (Å²) in [5.74, 6) is -0.0885. The molecule has 1 amide bonds. The summed E-state index contributed by atoms with van der Waals surface area (Å²) in [4.78, 5) is 16.4. The first-order valence-corrected chi connectivity index (χ1v) is 7.63. The summed E-state index contributed by atoms with van der Waals surface area (Å²) in [7, 11) is 0. The molecule has 0 radical (unpaired) electrons. The third-order valence-electron chi connectivity index (χ3n) is 4.38. The number of fused-ring (bicyclic) bond motifs is 2. The number of hydrogen-bond acceptors (Lipinski definition) is 5. The van der Waals surface area contributed by atoms with Crippen LogP contribution in [0.2, 0.25) is 0 Å².